The van der Waals surface area contributed by atoms with Gasteiger partial charge in [-0.05, 0) is 48.2 Å². The summed E-state index contributed by atoms with van der Waals surface area (Å²) in [4.78, 5) is 21.5. The van der Waals surface area contributed by atoms with Crippen molar-refractivity contribution in [2.75, 3.05) is 18.4 Å². The number of nitrogens with one attached hydrogen (secondary N) is 1. The molecule has 0 aliphatic carbocycles. The van der Waals surface area contributed by atoms with Gasteiger partial charge in [-0.3, -0.25) is 9.88 Å². The zero-order chi connectivity index (χ0) is 24.0. The van der Waals surface area contributed by atoms with Gasteiger partial charge in [-0.1, -0.05) is 42.5 Å². The Bertz CT molecular complexity index is 1070. The lowest BCUT2D eigenvalue weighted by Crippen LogP contribution is -2.48. The highest BCUT2D eigenvalue weighted by Gasteiger charge is 2.31. The number of halogens is 3. The van der Waals surface area contributed by atoms with Crippen LogP contribution in [0.2, 0.25) is 0 Å². The quantitative estimate of drug-likeness (QED) is 0.498. The lowest BCUT2D eigenvalue weighted by molar-refractivity contribution is -0.137. The van der Waals surface area contributed by atoms with Crippen LogP contribution >= 0.6 is 0 Å². The maximum absolute atomic E-state index is 13.2. The van der Waals surface area contributed by atoms with E-state index < -0.39 is 17.8 Å². The number of carbonyl (C=O) groups excluding carboxylic acids is 1. The Balaban J connectivity index is 1.46. The Morgan fingerprint density at radius 1 is 1.00 bits per heavy atom. The van der Waals surface area contributed by atoms with Crippen molar-refractivity contribution in [3.8, 4) is 0 Å². The second-order valence-corrected chi connectivity index (χ2v) is 8.49. The number of anilines is 1. The number of rotatable bonds is 6. The maximum atomic E-state index is 13.2. The molecule has 1 aromatic heterocycles. The highest BCUT2D eigenvalue weighted by molar-refractivity contribution is 5.89. The molecular formula is C26H27F3N4O. The molecule has 0 spiro atoms. The third-order valence-electron chi connectivity index (χ3n) is 6.02. The average molecular weight is 469 g/mol. The van der Waals surface area contributed by atoms with Crippen LogP contribution in [0.15, 0.2) is 79.1 Å². The molecule has 5 nitrogen and oxygen atoms in total. The Labute approximate surface area is 197 Å². The highest BCUT2D eigenvalue weighted by atomic mass is 19.4. The van der Waals surface area contributed by atoms with Gasteiger partial charge < -0.3 is 10.2 Å². The number of aromatic nitrogens is 1. The first kappa shape index (κ1) is 23.8. The Hall–Kier alpha value is -3.39. The van der Waals surface area contributed by atoms with Crippen molar-refractivity contribution >= 4 is 11.7 Å². The van der Waals surface area contributed by atoms with E-state index in [2.05, 4.69) is 27.3 Å². The molecule has 1 saturated heterocycles. The smallest absolute Gasteiger partial charge is 0.317 e. The van der Waals surface area contributed by atoms with Gasteiger partial charge in [-0.25, -0.2) is 4.79 Å². The standard InChI is InChI=1S/C26H27F3N4O/c27-26(28,29)22-9-4-10-23(16-22)31-25(34)33(19-21-8-5-13-30-17-21)24-11-14-32(15-12-24)18-20-6-2-1-3-7-20/h1-10,13,16-17,24H,11-12,14-15,18-19H2,(H,31,34). The summed E-state index contributed by atoms with van der Waals surface area (Å²) in [5.41, 5.74) is 1.44. The first-order valence-electron chi connectivity index (χ1n) is 11.3. The Morgan fingerprint density at radius 3 is 2.41 bits per heavy atom. The molecule has 0 radical (unpaired) electrons. The van der Waals surface area contributed by atoms with E-state index in [0.717, 1.165) is 50.2 Å². The number of piperidine rings is 1. The number of likely N-dealkylation sites (tertiary alicyclic amines) is 1. The lowest BCUT2D eigenvalue weighted by Gasteiger charge is -2.38. The molecule has 1 fully saturated rings. The van der Waals surface area contributed by atoms with Crippen LogP contribution in [0, 0.1) is 0 Å². The summed E-state index contributed by atoms with van der Waals surface area (Å²) >= 11 is 0. The minimum absolute atomic E-state index is 0.0296. The fraction of sp³-hybridized carbons (Fsp3) is 0.308. The number of amides is 2. The number of alkyl halides is 3. The van der Waals surface area contributed by atoms with Crippen LogP contribution in [0.3, 0.4) is 0 Å². The van der Waals surface area contributed by atoms with E-state index in [1.165, 1.54) is 17.7 Å². The number of benzene rings is 2. The Kier molecular flexibility index (Phi) is 7.47. The highest BCUT2D eigenvalue weighted by Crippen LogP contribution is 2.31. The molecule has 3 aromatic rings. The number of carbonyl (C=O) groups is 1. The van der Waals surface area contributed by atoms with E-state index in [9.17, 15) is 18.0 Å². The number of pyridine rings is 1. The molecule has 2 heterocycles. The van der Waals surface area contributed by atoms with E-state index in [4.69, 9.17) is 0 Å². The van der Waals surface area contributed by atoms with Crippen LogP contribution in [0.4, 0.5) is 23.7 Å². The predicted molar refractivity (Wildman–Crippen MR) is 125 cm³/mol. The van der Waals surface area contributed by atoms with Crippen molar-refractivity contribution < 1.29 is 18.0 Å². The van der Waals surface area contributed by atoms with Gasteiger partial charge in [0.15, 0.2) is 0 Å². The molecule has 1 N–H and O–H groups in total. The SMILES string of the molecule is O=C(Nc1cccc(C(F)(F)F)c1)N(Cc1cccnc1)C1CCN(Cc2ccccc2)CC1. The van der Waals surface area contributed by atoms with E-state index >= 15 is 0 Å². The summed E-state index contributed by atoms with van der Waals surface area (Å²) < 4.78 is 39.3. The fourth-order valence-electron chi connectivity index (χ4n) is 4.25. The molecule has 0 saturated carbocycles. The zero-order valence-corrected chi connectivity index (χ0v) is 18.7. The fourth-order valence-corrected chi connectivity index (χ4v) is 4.25. The summed E-state index contributed by atoms with van der Waals surface area (Å²) in [6, 6.07) is 18.2. The third kappa shape index (κ3) is 6.35. The van der Waals surface area contributed by atoms with E-state index in [0.29, 0.717) is 6.54 Å². The largest absolute Gasteiger partial charge is 0.416 e. The van der Waals surface area contributed by atoms with Crippen molar-refractivity contribution in [3.05, 3.63) is 95.8 Å². The molecule has 8 heteroatoms. The molecule has 1 aliphatic heterocycles. The second-order valence-electron chi connectivity index (χ2n) is 8.49. The summed E-state index contributed by atoms with van der Waals surface area (Å²) in [5.74, 6) is 0. The molecule has 178 valence electrons. The zero-order valence-electron chi connectivity index (χ0n) is 18.7. The van der Waals surface area contributed by atoms with Gasteiger partial charge in [0.1, 0.15) is 0 Å². The van der Waals surface area contributed by atoms with Crippen LogP contribution in [-0.2, 0) is 19.3 Å². The summed E-state index contributed by atoms with van der Waals surface area (Å²) in [6.07, 6.45) is 0.460. The van der Waals surface area contributed by atoms with E-state index in [-0.39, 0.29) is 11.7 Å². The molecule has 2 amide bonds. The maximum Gasteiger partial charge on any atom is 0.416 e. The minimum atomic E-state index is -4.47. The van der Waals surface area contributed by atoms with Gasteiger partial charge in [0.05, 0.1) is 5.56 Å². The van der Waals surface area contributed by atoms with Gasteiger partial charge in [-0.15, -0.1) is 0 Å². The molecule has 2 aromatic carbocycles. The summed E-state index contributed by atoms with van der Waals surface area (Å²) in [7, 11) is 0. The van der Waals surface area contributed by atoms with Crippen LogP contribution in [0.5, 0.6) is 0 Å². The predicted octanol–water partition coefficient (Wildman–Crippen LogP) is 5.80. The first-order chi connectivity index (χ1) is 16.4. The molecule has 0 atom stereocenters. The van der Waals surface area contributed by atoms with Crippen molar-refractivity contribution in [2.45, 2.75) is 38.1 Å². The monoisotopic (exact) mass is 468 g/mol. The van der Waals surface area contributed by atoms with Crippen molar-refractivity contribution in [1.29, 1.82) is 0 Å². The molecule has 1 aliphatic rings. The third-order valence-corrected chi connectivity index (χ3v) is 6.02. The van der Waals surface area contributed by atoms with E-state index in [1.54, 1.807) is 23.4 Å². The molecule has 0 bridgehead atoms. The number of hydrogen-bond donors (Lipinski definition) is 1. The second kappa shape index (κ2) is 10.7. The van der Waals surface area contributed by atoms with Crippen LogP contribution < -0.4 is 5.32 Å². The summed E-state index contributed by atoms with van der Waals surface area (Å²) in [6.45, 7) is 2.86. The van der Waals surface area contributed by atoms with Crippen molar-refractivity contribution in [3.63, 3.8) is 0 Å². The van der Waals surface area contributed by atoms with Gasteiger partial charge in [0, 0.05) is 50.3 Å². The number of hydrogen-bond acceptors (Lipinski definition) is 3. The molecule has 0 unspecified atom stereocenters. The van der Waals surface area contributed by atoms with Gasteiger partial charge in [-0.2, -0.15) is 13.2 Å². The average Bonchev–Trinajstić information content (AvgIpc) is 2.84. The first-order valence-corrected chi connectivity index (χ1v) is 11.3. The van der Waals surface area contributed by atoms with Crippen LogP contribution in [0.1, 0.15) is 29.5 Å². The Morgan fingerprint density at radius 2 is 1.74 bits per heavy atom. The lowest BCUT2D eigenvalue weighted by atomic mass is 10.0. The summed E-state index contributed by atoms with van der Waals surface area (Å²) in [5, 5.41) is 2.68. The number of urea groups is 1. The minimum Gasteiger partial charge on any atom is -0.317 e. The van der Waals surface area contributed by atoms with Gasteiger partial charge in [0.25, 0.3) is 0 Å². The molecule has 34 heavy (non-hydrogen) atoms. The normalized spacial score (nSPS) is 15.1. The molecular weight excluding hydrogens is 441 g/mol. The van der Waals surface area contributed by atoms with Gasteiger partial charge >= 0.3 is 12.2 Å². The number of nitrogens with zero attached hydrogens (tertiary/aromatic N) is 3. The van der Waals surface area contributed by atoms with Gasteiger partial charge in [0.2, 0.25) is 0 Å². The van der Waals surface area contributed by atoms with E-state index in [1.807, 2.05) is 24.3 Å². The van der Waals surface area contributed by atoms with Crippen molar-refractivity contribution in [1.82, 2.24) is 14.8 Å². The van der Waals surface area contributed by atoms with Crippen LogP contribution in [0.25, 0.3) is 0 Å². The van der Waals surface area contributed by atoms with Crippen LogP contribution in [-0.4, -0.2) is 39.9 Å². The topological polar surface area (TPSA) is 48.5 Å². The van der Waals surface area contributed by atoms with Crippen molar-refractivity contribution in [2.24, 2.45) is 0 Å². The molecule has 4 rings (SSSR count).